The Hall–Kier alpha value is -1.81. The van der Waals surface area contributed by atoms with Gasteiger partial charge in [-0.15, -0.1) is 0 Å². The first-order chi connectivity index (χ1) is 9.72. The Kier molecular flexibility index (Phi) is 3.74. The number of benzene rings is 1. The molecular formula is C16H20N2O2. The van der Waals surface area contributed by atoms with Crippen LogP contribution in [-0.2, 0) is 0 Å². The van der Waals surface area contributed by atoms with Crippen LogP contribution in [0.15, 0.2) is 30.5 Å². The molecule has 4 heteroatoms. The van der Waals surface area contributed by atoms with Crippen LogP contribution in [0.1, 0.15) is 36.0 Å². The molecule has 0 atom stereocenters. The number of hydrogen-bond donors (Lipinski definition) is 3. The molecule has 1 aliphatic rings. The number of carbonyl (C=O) groups excluding carboxylic acids is 1. The molecule has 1 aromatic carbocycles. The Bertz CT molecular complexity index is 597. The fourth-order valence-corrected chi connectivity index (χ4v) is 2.88. The van der Waals surface area contributed by atoms with Gasteiger partial charge in [0, 0.05) is 23.8 Å². The van der Waals surface area contributed by atoms with Gasteiger partial charge in [-0.1, -0.05) is 6.07 Å². The van der Waals surface area contributed by atoms with E-state index in [0.29, 0.717) is 18.0 Å². The van der Waals surface area contributed by atoms with Crippen LogP contribution in [-0.4, -0.2) is 28.6 Å². The Balaban J connectivity index is 1.58. The first kappa shape index (κ1) is 13.2. The average Bonchev–Trinajstić information content (AvgIpc) is 2.93. The number of hydrogen-bond acceptors (Lipinski definition) is 2. The molecule has 1 fully saturated rings. The van der Waals surface area contributed by atoms with Gasteiger partial charge < -0.3 is 15.4 Å². The van der Waals surface area contributed by atoms with Crippen LogP contribution >= 0.6 is 0 Å². The number of aliphatic hydroxyl groups excluding tert-OH is 1. The van der Waals surface area contributed by atoms with Crippen LogP contribution in [0.5, 0.6) is 0 Å². The fourth-order valence-electron chi connectivity index (χ4n) is 2.88. The second-order valence-corrected chi connectivity index (χ2v) is 5.66. The Morgan fingerprint density at radius 1 is 1.25 bits per heavy atom. The van der Waals surface area contributed by atoms with Gasteiger partial charge in [-0.25, -0.2) is 0 Å². The van der Waals surface area contributed by atoms with Gasteiger partial charge in [0.25, 0.3) is 5.91 Å². The Morgan fingerprint density at radius 2 is 2.05 bits per heavy atom. The van der Waals surface area contributed by atoms with E-state index < -0.39 is 0 Å². The zero-order valence-corrected chi connectivity index (χ0v) is 11.4. The largest absolute Gasteiger partial charge is 0.393 e. The Morgan fingerprint density at radius 3 is 2.85 bits per heavy atom. The molecule has 3 N–H and O–H groups in total. The van der Waals surface area contributed by atoms with Crippen molar-refractivity contribution in [1.29, 1.82) is 0 Å². The van der Waals surface area contributed by atoms with E-state index >= 15 is 0 Å². The van der Waals surface area contributed by atoms with E-state index in [9.17, 15) is 9.90 Å². The van der Waals surface area contributed by atoms with Gasteiger partial charge in [0.2, 0.25) is 0 Å². The Labute approximate surface area is 118 Å². The molecular weight excluding hydrogens is 252 g/mol. The van der Waals surface area contributed by atoms with Crippen molar-refractivity contribution in [2.24, 2.45) is 5.92 Å². The van der Waals surface area contributed by atoms with E-state index in [2.05, 4.69) is 10.3 Å². The summed E-state index contributed by atoms with van der Waals surface area (Å²) in [5.41, 5.74) is 1.68. The smallest absolute Gasteiger partial charge is 0.251 e. The lowest BCUT2D eigenvalue weighted by atomic mass is 9.87. The lowest BCUT2D eigenvalue weighted by Gasteiger charge is -2.25. The highest BCUT2D eigenvalue weighted by Crippen LogP contribution is 2.23. The molecule has 3 rings (SSSR count). The number of amides is 1. The summed E-state index contributed by atoms with van der Waals surface area (Å²) in [5, 5.41) is 13.6. The quantitative estimate of drug-likeness (QED) is 0.803. The molecule has 1 aliphatic carbocycles. The lowest BCUT2D eigenvalue weighted by molar-refractivity contribution is 0.0910. The number of nitrogens with one attached hydrogen (secondary N) is 2. The van der Waals surface area contributed by atoms with Gasteiger partial charge in [0.1, 0.15) is 0 Å². The fraction of sp³-hybridized carbons (Fsp3) is 0.438. The highest BCUT2D eigenvalue weighted by atomic mass is 16.3. The minimum atomic E-state index is -0.141. The zero-order chi connectivity index (χ0) is 13.9. The molecule has 1 saturated carbocycles. The molecule has 0 saturated heterocycles. The molecule has 0 radical (unpaired) electrons. The lowest BCUT2D eigenvalue weighted by Crippen LogP contribution is -2.32. The summed E-state index contributed by atoms with van der Waals surface area (Å²) in [4.78, 5) is 15.3. The predicted molar refractivity (Wildman–Crippen MR) is 78.6 cm³/mol. The van der Waals surface area contributed by atoms with Gasteiger partial charge in [0.05, 0.1) is 6.10 Å². The maximum Gasteiger partial charge on any atom is 0.251 e. The van der Waals surface area contributed by atoms with Crippen molar-refractivity contribution in [2.75, 3.05) is 6.54 Å². The van der Waals surface area contributed by atoms with Crippen LogP contribution in [0.2, 0.25) is 0 Å². The van der Waals surface area contributed by atoms with Gasteiger partial charge in [-0.3, -0.25) is 4.79 Å². The van der Waals surface area contributed by atoms with E-state index in [1.165, 1.54) is 0 Å². The molecule has 4 nitrogen and oxygen atoms in total. The van der Waals surface area contributed by atoms with Gasteiger partial charge in [0.15, 0.2) is 0 Å². The molecule has 0 bridgehead atoms. The summed E-state index contributed by atoms with van der Waals surface area (Å²) in [6.45, 7) is 0.703. The van der Waals surface area contributed by atoms with Crippen LogP contribution in [0, 0.1) is 5.92 Å². The number of fused-ring (bicyclic) bond motifs is 1. The normalized spacial score (nSPS) is 22.9. The number of carbonyl (C=O) groups is 1. The standard InChI is InChI=1S/C16H20N2O2/c19-14-5-1-11(2-6-14)10-18-16(20)13-4-3-12-7-8-17-15(12)9-13/h3-4,7-9,11,14,17,19H,1-2,5-6,10H2,(H,18,20). The van der Waals surface area contributed by atoms with E-state index in [0.717, 1.165) is 36.6 Å². The van der Waals surface area contributed by atoms with E-state index in [-0.39, 0.29) is 12.0 Å². The third-order valence-corrected chi connectivity index (χ3v) is 4.18. The SMILES string of the molecule is O=C(NCC1CCC(O)CC1)c1ccc2cc[nH]c2c1. The molecule has 1 heterocycles. The van der Waals surface area contributed by atoms with Crippen molar-refractivity contribution in [3.63, 3.8) is 0 Å². The third-order valence-electron chi connectivity index (χ3n) is 4.18. The van der Waals surface area contributed by atoms with Crippen molar-refractivity contribution in [1.82, 2.24) is 10.3 Å². The van der Waals surface area contributed by atoms with Gasteiger partial charge >= 0.3 is 0 Å². The summed E-state index contributed by atoms with van der Waals surface area (Å²) >= 11 is 0. The molecule has 1 amide bonds. The first-order valence-electron chi connectivity index (χ1n) is 7.26. The number of rotatable bonds is 3. The summed E-state index contributed by atoms with van der Waals surface area (Å²) in [7, 11) is 0. The molecule has 20 heavy (non-hydrogen) atoms. The summed E-state index contributed by atoms with van der Waals surface area (Å²) in [5.74, 6) is 0.476. The number of aromatic nitrogens is 1. The van der Waals surface area contributed by atoms with Crippen LogP contribution in [0.3, 0.4) is 0 Å². The molecule has 106 valence electrons. The summed E-state index contributed by atoms with van der Waals surface area (Å²) in [6.07, 6.45) is 5.44. The zero-order valence-electron chi connectivity index (χ0n) is 11.4. The minimum absolute atomic E-state index is 0.0207. The van der Waals surface area contributed by atoms with Crippen molar-refractivity contribution >= 4 is 16.8 Å². The maximum atomic E-state index is 12.1. The second-order valence-electron chi connectivity index (χ2n) is 5.66. The van der Waals surface area contributed by atoms with Crippen molar-refractivity contribution < 1.29 is 9.90 Å². The highest BCUT2D eigenvalue weighted by Gasteiger charge is 2.19. The molecule has 0 spiro atoms. The van der Waals surface area contributed by atoms with Crippen LogP contribution in [0.25, 0.3) is 10.9 Å². The minimum Gasteiger partial charge on any atom is -0.393 e. The second kappa shape index (κ2) is 5.67. The number of aromatic amines is 1. The molecule has 1 aromatic heterocycles. The van der Waals surface area contributed by atoms with Crippen LogP contribution < -0.4 is 5.32 Å². The topological polar surface area (TPSA) is 65.1 Å². The third kappa shape index (κ3) is 2.85. The van der Waals surface area contributed by atoms with Crippen LogP contribution in [0.4, 0.5) is 0 Å². The highest BCUT2D eigenvalue weighted by molar-refractivity contribution is 5.97. The summed E-state index contributed by atoms with van der Waals surface area (Å²) in [6, 6.07) is 7.69. The average molecular weight is 272 g/mol. The van der Waals surface area contributed by atoms with E-state index in [1.807, 2.05) is 30.5 Å². The number of aliphatic hydroxyl groups is 1. The predicted octanol–water partition coefficient (Wildman–Crippen LogP) is 2.45. The number of H-pyrrole nitrogens is 1. The van der Waals surface area contributed by atoms with E-state index in [4.69, 9.17) is 0 Å². The van der Waals surface area contributed by atoms with Crippen molar-refractivity contribution in [2.45, 2.75) is 31.8 Å². The van der Waals surface area contributed by atoms with Gasteiger partial charge in [-0.05, 0) is 55.2 Å². The molecule has 0 aliphatic heterocycles. The molecule has 0 unspecified atom stereocenters. The first-order valence-corrected chi connectivity index (χ1v) is 7.26. The monoisotopic (exact) mass is 272 g/mol. The van der Waals surface area contributed by atoms with E-state index in [1.54, 1.807) is 0 Å². The molecule has 2 aromatic rings. The van der Waals surface area contributed by atoms with Gasteiger partial charge in [-0.2, -0.15) is 0 Å². The van der Waals surface area contributed by atoms with Crippen molar-refractivity contribution in [3.8, 4) is 0 Å². The summed E-state index contributed by atoms with van der Waals surface area (Å²) < 4.78 is 0. The maximum absolute atomic E-state index is 12.1. The van der Waals surface area contributed by atoms with Crippen molar-refractivity contribution in [3.05, 3.63) is 36.0 Å².